The molecular formula is C34H41N7O14. The van der Waals surface area contributed by atoms with Gasteiger partial charge in [-0.05, 0) is 11.1 Å². The van der Waals surface area contributed by atoms with Gasteiger partial charge in [-0.15, -0.1) is 0 Å². The number of carboxylic acids is 4. The molecule has 0 heterocycles. The molecule has 6 amide bonds. The highest BCUT2D eigenvalue weighted by Gasteiger charge is 2.35. The molecule has 0 aliphatic rings. The number of carboxylic acid groups (broad SMARTS) is 4. The summed E-state index contributed by atoms with van der Waals surface area (Å²) in [5.41, 5.74) is 11.8. The number of carbonyl (C=O) groups is 10. The molecule has 0 spiro atoms. The summed E-state index contributed by atoms with van der Waals surface area (Å²) >= 11 is 0. The number of hydrogen-bond donors (Lipinski definition) is 11. The molecule has 296 valence electrons. The van der Waals surface area contributed by atoms with Crippen molar-refractivity contribution in [2.75, 3.05) is 0 Å². The van der Waals surface area contributed by atoms with E-state index in [1.165, 1.54) is 0 Å². The molecule has 0 saturated heterocycles. The second kappa shape index (κ2) is 21.6. The van der Waals surface area contributed by atoms with Crippen LogP contribution in [0, 0.1) is 0 Å². The van der Waals surface area contributed by atoms with Crippen molar-refractivity contribution in [2.24, 2.45) is 11.5 Å². The van der Waals surface area contributed by atoms with E-state index < -0.39 is 121 Å². The number of nitrogens with one attached hydrogen (secondary N) is 5. The number of primary amides is 1. The fourth-order valence-electron chi connectivity index (χ4n) is 4.94. The zero-order valence-corrected chi connectivity index (χ0v) is 29.0. The number of benzene rings is 2. The molecule has 0 aliphatic carbocycles. The lowest BCUT2D eigenvalue weighted by molar-refractivity contribution is -0.145. The lowest BCUT2D eigenvalue weighted by Crippen LogP contribution is -2.60. The average molecular weight is 772 g/mol. The summed E-state index contributed by atoms with van der Waals surface area (Å²) in [5.74, 6) is -13.7. The summed E-state index contributed by atoms with van der Waals surface area (Å²) in [6.07, 6.45) is -4.49. The predicted octanol–water partition coefficient (Wildman–Crippen LogP) is -3.39. The van der Waals surface area contributed by atoms with Crippen molar-refractivity contribution in [3.63, 3.8) is 0 Å². The first-order valence-electron chi connectivity index (χ1n) is 16.4. The minimum Gasteiger partial charge on any atom is -0.481 e. The SMILES string of the molecule is NC(=O)C[C@H](N)C(=O)N[C@@H](Cc1ccccc1)C(=O)N[C@@H](CC(=O)O)C(=O)N[C@@H](CC(=O)O)C(=O)N[C@@H](CC(=O)O)C(=O)N[C@@H](Cc1ccccc1)C(=O)O. The molecule has 0 bridgehead atoms. The summed E-state index contributed by atoms with van der Waals surface area (Å²) in [4.78, 5) is 124. The van der Waals surface area contributed by atoms with Crippen LogP contribution in [0.5, 0.6) is 0 Å². The zero-order chi connectivity index (χ0) is 41.2. The number of hydrogen-bond acceptors (Lipinski definition) is 11. The molecular weight excluding hydrogens is 730 g/mol. The van der Waals surface area contributed by atoms with Crippen LogP contribution in [0.3, 0.4) is 0 Å². The highest BCUT2D eigenvalue weighted by atomic mass is 16.4. The minimum atomic E-state index is -2.10. The smallest absolute Gasteiger partial charge is 0.326 e. The Labute approximate surface area is 312 Å². The Bertz CT molecular complexity index is 1740. The maximum absolute atomic E-state index is 13.4. The molecule has 0 radical (unpaired) electrons. The van der Waals surface area contributed by atoms with E-state index in [0.717, 1.165) is 0 Å². The second-order valence-electron chi connectivity index (χ2n) is 12.1. The first-order valence-corrected chi connectivity index (χ1v) is 16.4. The Hall–Kier alpha value is -6.90. The van der Waals surface area contributed by atoms with Gasteiger partial charge in [0, 0.05) is 12.8 Å². The van der Waals surface area contributed by atoms with Crippen molar-refractivity contribution in [2.45, 2.75) is 74.8 Å². The van der Waals surface area contributed by atoms with Crippen LogP contribution >= 0.6 is 0 Å². The topological polar surface area (TPSA) is 364 Å². The van der Waals surface area contributed by atoms with Gasteiger partial charge in [0.2, 0.25) is 35.4 Å². The molecule has 6 atom stereocenters. The van der Waals surface area contributed by atoms with Gasteiger partial charge >= 0.3 is 23.9 Å². The molecule has 0 fully saturated rings. The number of amides is 6. The van der Waals surface area contributed by atoms with Crippen molar-refractivity contribution in [3.05, 3.63) is 71.8 Å². The van der Waals surface area contributed by atoms with Crippen LogP contribution in [0.2, 0.25) is 0 Å². The molecule has 55 heavy (non-hydrogen) atoms. The van der Waals surface area contributed by atoms with Crippen LogP contribution in [0.15, 0.2) is 60.7 Å². The van der Waals surface area contributed by atoms with E-state index in [9.17, 15) is 68.4 Å². The lowest BCUT2D eigenvalue weighted by Gasteiger charge is -2.26. The van der Waals surface area contributed by atoms with Gasteiger partial charge in [-0.25, -0.2) is 4.79 Å². The second-order valence-corrected chi connectivity index (χ2v) is 12.1. The van der Waals surface area contributed by atoms with E-state index in [1.54, 1.807) is 60.7 Å². The normalized spacial score (nSPS) is 13.9. The third-order valence-electron chi connectivity index (χ3n) is 7.61. The number of carbonyl (C=O) groups excluding carboxylic acids is 6. The molecule has 2 rings (SSSR count). The predicted molar refractivity (Wildman–Crippen MR) is 186 cm³/mol. The minimum absolute atomic E-state index is 0.228. The van der Waals surface area contributed by atoms with Gasteiger partial charge in [-0.3, -0.25) is 43.2 Å². The van der Waals surface area contributed by atoms with Gasteiger partial charge in [-0.2, -0.15) is 0 Å². The summed E-state index contributed by atoms with van der Waals surface area (Å²) < 4.78 is 0. The third-order valence-corrected chi connectivity index (χ3v) is 7.61. The summed E-state index contributed by atoms with van der Waals surface area (Å²) in [6, 6.07) is 5.34. The van der Waals surface area contributed by atoms with Gasteiger partial charge < -0.3 is 58.5 Å². The Morgan fingerprint density at radius 3 is 1.09 bits per heavy atom. The Morgan fingerprint density at radius 1 is 0.455 bits per heavy atom. The average Bonchev–Trinajstić information content (AvgIpc) is 3.09. The van der Waals surface area contributed by atoms with Crippen LogP contribution in [0.25, 0.3) is 0 Å². The summed E-state index contributed by atoms with van der Waals surface area (Å²) in [6.45, 7) is 0. The van der Waals surface area contributed by atoms with Gasteiger partial charge in [0.05, 0.1) is 31.7 Å². The summed E-state index contributed by atoms with van der Waals surface area (Å²) in [5, 5.41) is 48.5. The van der Waals surface area contributed by atoms with Crippen LogP contribution in [-0.2, 0) is 60.8 Å². The van der Waals surface area contributed by atoms with Gasteiger partial charge in [0.25, 0.3) is 0 Å². The van der Waals surface area contributed by atoms with E-state index in [0.29, 0.717) is 11.1 Å². The van der Waals surface area contributed by atoms with Crippen LogP contribution in [0.4, 0.5) is 0 Å². The first-order chi connectivity index (χ1) is 25.9. The fraction of sp³-hybridized carbons (Fsp3) is 0.353. The monoisotopic (exact) mass is 771 g/mol. The lowest BCUT2D eigenvalue weighted by atomic mass is 10.0. The van der Waals surface area contributed by atoms with E-state index in [2.05, 4.69) is 16.0 Å². The fourth-order valence-corrected chi connectivity index (χ4v) is 4.94. The molecule has 2 aromatic carbocycles. The van der Waals surface area contributed by atoms with Crippen molar-refractivity contribution < 1.29 is 68.4 Å². The van der Waals surface area contributed by atoms with Gasteiger partial charge in [0.1, 0.15) is 30.2 Å². The van der Waals surface area contributed by atoms with E-state index >= 15 is 0 Å². The number of aliphatic carboxylic acids is 4. The van der Waals surface area contributed by atoms with E-state index in [4.69, 9.17) is 11.5 Å². The van der Waals surface area contributed by atoms with E-state index in [1.807, 2.05) is 10.6 Å². The van der Waals surface area contributed by atoms with Crippen LogP contribution in [-0.4, -0.2) is 116 Å². The number of rotatable bonds is 23. The highest BCUT2D eigenvalue weighted by molar-refractivity contribution is 5.99. The Balaban J connectivity index is 2.32. The Kier molecular flexibility index (Phi) is 17.4. The third kappa shape index (κ3) is 16.1. The van der Waals surface area contributed by atoms with Crippen molar-refractivity contribution >= 4 is 59.3 Å². The molecule has 21 nitrogen and oxygen atoms in total. The Morgan fingerprint density at radius 2 is 0.764 bits per heavy atom. The van der Waals surface area contributed by atoms with Gasteiger partial charge in [0.15, 0.2) is 0 Å². The molecule has 21 heteroatoms. The molecule has 2 aromatic rings. The zero-order valence-electron chi connectivity index (χ0n) is 29.0. The van der Waals surface area contributed by atoms with Crippen LogP contribution < -0.4 is 38.1 Å². The molecule has 0 aromatic heterocycles. The summed E-state index contributed by atoms with van der Waals surface area (Å²) in [7, 11) is 0. The molecule has 13 N–H and O–H groups in total. The van der Waals surface area contributed by atoms with Crippen molar-refractivity contribution in [1.29, 1.82) is 0 Å². The van der Waals surface area contributed by atoms with E-state index in [-0.39, 0.29) is 12.8 Å². The number of nitrogens with two attached hydrogens (primary N) is 2. The molecule has 0 saturated carbocycles. The quantitative estimate of drug-likeness (QED) is 0.0525. The molecule has 0 aliphatic heterocycles. The maximum atomic E-state index is 13.4. The first kappa shape index (κ1) is 44.3. The standard InChI is InChI=1S/C34H41N7O14/c35-19(13-25(36)42)29(49)37-20(11-17-7-3-1-4-8-17)30(50)38-21(14-26(43)44)31(51)39-22(15-27(45)46)32(52)40-23(16-28(47)48)33(53)41-24(34(54)55)12-18-9-5-2-6-10-18/h1-10,19-24H,11-16,35H2,(H2,36,42)(H,37,49)(H,38,50)(H,39,51)(H,40,52)(H,41,53)(H,43,44)(H,45,46)(H,47,48)(H,54,55)/t19-,20-,21-,22-,23-,24-/m0/s1. The van der Waals surface area contributed by atoms with Crippen molar-refractivity contribution in [3.8, 4) is 0 Å². The van der Waals surface area contributed by atoms with Gasteiger partial charge in [-0.1, -0.05) is 60.7 Å². The van der Waals surface area contributed by atoms with Crippen LogP contribution in [0.1, 0.15) is 36.8 Å². The molecule has 0 unspecified atom stereocenters. The highest BCUT2D eigenvalue weighted by Crippen LogP contribution is 2.08. The largest absolute Gasteiger partial charge is 0.481 e. The van der Waals surface area contributed by atoms with Crippen molar-refractivity contribution in [1.82, 2.24) is 26.6 Å². The maximum Gasteiger partial charge on any atom is 0.326 e.